The van der Waals surface area contributed by atoms with E-state index in [1.165, 1.54) is 22.4 Å². The summed E-state index contributed by atoms with van der Waals surface area (Å²) in [4.78, 5) is 9.62. The molecule has 1 aromatic carbocycles. The molecule has 0 amide bonds. The Morgan fingerprint density at radius 2 is 1.59 bits per heavy atom. The van der Waals surface area contributed by atoms with Crippen LogP contribution < -0.4 is 14.5 Å². The minimum absolute atomic E-state index is 0.238. The molecule has 1 aromatic heterocycles. The van der Waals surface area contributed by atoms with Crippen LogP contribution in [0.2, 0.25) is 0 Å². The van der Waals surface area contributed by atoms with Crippen LogP contribution >= 0.6 is 0 Å². The number of anilines is 3. The molecule has 0 spiro atoms. The van der Waals surface area contributed by atoms with Gasteiger partial charge in [0.05, 0.1) is 6.10 Å². The number of aryl methyl sites for hydroxylation is 4. The molecule has 146 valence electrons. The van der Waals surface area contributed by atoms with Gasteiger partial charge in [-0.25, -0.2) is 4.98 Å². The van der Waals surface area contributed by atoms with E-state index in [9.17, 15) is 0 Å². The molecule has 27 heavy (non-hydrogen) atoms. The zero-order valence-corrected chi connectivity index (χ0v) is 17.9. The predicted molar refractivity (Wildman–Crippen MR) is 115 cm³/mol. The van der Waals surface area contributed by atoms with E-state index in [1.807, 2.05) is 0 Å². The van der Waals surface area contributed by atoms with E-state index in [0.29, 0.717) is 0 Å². The normalized spacial score (nSPS) is 13.9. The molecule has 3 rings (SSSR count). The van der Waals surface area contributed by atoms with Crippen LogP contribution in [0.3, 0.4) is 0 Å². The zero-order chi connectivity index (χ0) is 19.7. The highest BCUT2D eigenvalue weighted by Gasteiger charge is 2.29. The van der Waals surface area contributed by atoms with E-state index in [2.05, 4.69) is 76.6 Å². The third-order valence-corrected chi connectivity index (χ3v) is 5.47. The topological polar surface area (TPSA) is 28.6 Å². The molecule has 4 heteroatoms. The maximum Gasteiger partial charge on any atom is 0.160 e. The Bertz CT molecular complexity index is 804. The van der Waals surface area contributed by atoms with E-state index in [4.69, 9.17) is 9.72 Å². The summed E-state index contributed by atoms with van der Waals surface area (Å²) in [6.45, 7) is 14.9. The number of nitrogens with zero attached hydrogens (tertiary/aromatic N) is 3. The first-order valence-corrected chi connectivity index (χ1v) is 10.1. The first-order chi connectivity index (χ1) is 12.8. The van der Waals surface area contributed by atoms with Gasteiger partial charge < -0.3 is 14.5 Å². The zero-order valence-electron chi connectivity index (χ0n) is 17.9. The Balaban J connectivity index is 2.15. The largest absolute Gasteiger partial charge is 0.488 e. The molecule has 2 heterocycles. The summed E-state index contributed by atoms with van der Waals surface area (Å²) in [6.07, 6.45) is 2.26. The summed E-state index contributed by atoms with van der Waals surface area (Å²) in [6, 6.07) is 6.61. The number of pyridine rings is 1. The van der Waals surface area contributed by atoms with Gasteiger partial charge in [0.25, 0.3) is 0 Å². The van der Waals surface area contributed by atoms with Crippen molar-refractivity contribution >= 4 is 17.2 Å². The van der Waals surface area contributed by atoms with Crippen molar-refractivity contribution in [1.29, 1.82) is 0 Å². The monoisotopic (exact) mass is 367 g/mol. The second kappa shape index (κ2) is 7.79. The van der Waals surface area contributed by atoms with Crippen molar-refractivity contribution in [3.63, 3.8) is 0 Å². The van der Waals surface area contributed by atoms with Crippen LogP contribution in [0.1, 0.15) is 49.1 Å². The van der Waals surface area contributed by atoms with Crippen molar-refractivity contribution < 1.29 is 4.74 Å². The fourth-order valence-electron chi connectivity index (χ4n) is 4.18. The van der Waals surface area contributed by atoms with Crippen molar-refractivity contribution in [2.45, 2.75) is 60.5 Å². The minimum atomic E-state index is 0.238. The molecule has 0 radical (unpaired) electrons. The van der Waals surface area contributed by atoms with Gasteiger partial charge >= 0.3 is 0 Å². The number of fused-ring (bicyclic) bond motifs is 1. The molecule has 1 aliphatic heterocycles. The lowest BCUT2D eigenvalue weighted by Crippen LogP contribution is -2.38. The molecule has 0 N–H and O–H groups in total. The second-order valence-electron chi connectivity index (χ2n) is 7.81. The van der Waals surface area contributed by atoms with Crippen molar-refractivity contribution in [3.05, 3.63) is 40.6 Å². The first kappa shape index (κ1) is 19.5. The third kappa shape index (κ3) is 3.76. The van der Waals surface area contributed by atoms with Gasteiger partial charge in [-0.05, 0) is 51.7 Å². The van der Waals surface area contributed by atoms with Crippen LogP contribution in [0, 0.1) is 27.7 Å². The van der Waals surface area contributed by atoms with Crippen molar-refractivity contribution in [2.75, 3.05) is 29.9 Å². The van der Waals surface area contributed by atoms with Crippen LogP contribution in [0.15, 0.2) is 18.2 Å². The van der Waals surface area contributed by atoms with Crippen molar-refractivity contribution in [2.24, 2.45) is 0 Å². The average molecular weight is 368 g/mol. The van der Waals surface area contributed by atoms with Gasteiger partial charge in [0.15, 0.2) is 5.82 Å². The summed E-state index contributed by atoms with van der Waals surface area (Å²) in [7, 11) is 2.14. The summed E-state index contributed by atoms with van der Waals surface area (Å²) in [5.41, 5.74) is 7.29. The van der Waals surface area contributed by atoms with Crippen molar-refractivity contribution in [1.82, 2.24) is 4.98 Å². The highest BCUT2D eigenvalue weighted by molar-refractivity contribution is 5.83. The summed E-state index contributed by atoms with van der Waals surface area (Å²) in [5, 5.41) is 0. The van der Waals surface area contributed by atoms with Gasteiger partial charge in [0.2, 0.25) is 0 Å². The van der Waals surface area contributed by atoms with Gasteiger partial charge in [-0.1, -0.05) is 31.5 Å². The summed E-state index contributed by atoms with van der Waals surface area (Å²) >= 11 is 0. The van der Waals surface area contributed by atoms with Crippen molar-refractivity contribution in [3.8, 4) is 5.75 Å². The lowest BCUT2D eigenvalue weighted by Gasteiger charge is -2.38. The predicted octanol–water partition coefficient (Wildman–Crippen LogP) is 5.47. The van der Waals surface area contributed by atoms with Crippen LogP contribution in [-0.4, -0.2) is 31.2 Å². The quantitative estimate of drug-likeness (QED) is 0.700. The maximum atomic E-state index is 6.42. The highest BCUT2D eigenvalue weighted by atomic mass is 16.5. The average Bonchev–Trinajstić information content (AvgIpc) is 2.60. The Morgan fingerprint density at radius 1 is 0.963 bits per heavy atom. The molecule has 2 aromatic rings. The van der Waals surface area contributed by atoms with Gasteiger partial charge in [0, 0.05) is 37.6 Å². The minimum Gasteiger partial charge on any atom is -0.488 e. The number of likely N-dealkylation sites (N-methyl/N-ethyl adjacent to an activating group) is 1. The molecule has 1 aliphatic rings. The SMILES string of the molecule is CCC(CC)Oc1cc(C)nc2c1N(C)CCN2c1c(C)cc(C)cc1C. The van der Waals surface area contributed by atoms with Gasteiger partial charge in [-0.2, -0.15) is 0 Å². The lowest BCUT2D eigenvalue weighted by atomic mass is 10.0. The maximum absolute atomic E-state index is 6.42. The third-order valence-electron chi connectivity index (χ3n) is 5.47. The summed E-state index contributed by atoms with van der Waals surface area (Å²) in [5.74, 6) is 1.97. The van der Waals surface area contributed by atoms with Gasteiger partial charge in [-0.15, -0.1) is 0 Å². The number of ether oxygens (including phenoxy) is 1. The fourth-order valence-corrected chi connectivity index (χ4v) is 4.18. The summed E-state index contributed by atoms with van der Waals surface area (Å²) < 4.78 is 6.42. The van der Waals surface area contributed by atoms with Crippen LogP contribution in [-0.2, 0) is 0 Å². The molecular weight excluding hydrogens is 334 g/mol. The van der Waals surface area contributed by atoms with E-state index in [-0.39, 0.29) is 6.10 Å². The molecule has 0 bridgehead atoms. The number of hydrogen-bond donors (Lipinski definition) is 0. The highest BCUT2D eigenvalue weighted by Crippen LogP contribution is 2.44. The fraction of sp³-hybridized carbons (Fsp3) is 0.522. The molecule has 0 unspecified atom stereocenters. The van der Waals surface area contributed by atoms with Crippen LogP contribution in [0.25, 0.3) is 0 Å². The Morgan fingerprint density at radius 3 is 2.19 bits per heavy atom. The number of benzene rings is 1. The molecule has 0 aliphatic carbocycles. The van der Waals surface area contributed by atoms with E-state index < -0.39 is 0 Å². The first-order valence-electron chi connectivity index (χ1n) is 10.1. The number of aromatic nitrogens is 1. The molecule has 0 saturated carbocycles. The standard InChI is InChI=1S/C23H33N3O/c1-8-19(9-2)27-20-14-18(6)24-23-22(20)25(7)10-11-26(23)21-16(4)12-15(3)13-17(21)5/h12-14,19H,8-11H2,1-7H3. The smallest absolute Gasteiger partial charge is 0.160 e. The second-order valence-corrected chi connectivity index (χ2v) is 7.81. The van der Waals surface area contributed by atoms with Crippen LogP contribution in [0.5, 0.6) is 5.75 Å². The van der Waals surface area contributed by atoms with E-state index >= 15 is 0 Å². The lowest BCUT2D eigenvalue weighted by molar-refractivity contribution is 0.193. The van der Waals surface area contributed by atoms with Gasteiger partial charge in [-0.3, -0.25) is 0 Å². The molecule has 0 fully saturated rings. The molecule has 0 atom stereocenters. The molecular formula is C23H33N3O. The molecule has 4 nitrogen and oxygen atoms in total. The Kier molecular flexibility index (Phi) is 5.64. The number of rotatable bonds is 5. The number of hydrogen-bond acceptors (Lipinski definition) is 4. The van der Waals surface area contributed by atoms with Gasteiger partial charge in [0.1, 0.15) is 11.4 Å². The molecule has 0 saturated heterocycles. The van der Waals surface area contributed by atoms with E-state index in [1.54, 1.807) is 0 Å². The Hall–Kier alpha value is -2.23. The van der Waals surface area contributed by atoms with E-state index in [0.717, 1.165) is 48.9 Å². The van der Waals surface area contributed by atoms with Crippen LogP contribution in [0.4, 0.5) is 17.2 Å². The Labute approximate surface area is 164 Å².